The summed E-state index contributed by atoms with van der Waals surface area (Å²) in [5.74, 6) is 1.67. The maximum atomic E-state index is 13.8. The Labute approximate surface area is 132 Å². The van der Waals surface area contributed by atoms with Gasteiger partial charge in [-0.3, -0.25) is 4.99 Å². The highest BCUT2D eigenvalue weighted by molar-refractivity contribution is 5.79. The average Bonchev–Trinajstić information content (AvgIpc) is 2.52. The number of nitrogens with one attached hydrogen (secondary N) is 1. The second-order valence-corrected chi connectivity index (χ2v) is 5.77. The second-order valence-electron chi connectivity index (χ2n) is 5.77. The van der Waals surface area contributed by atoms with Crippen LogP contribution in [0.3, 0.4) is 0 Å². The van der Waals surface area contributed by atoms with Gasteiger partial charge in [-0.15, -0.1) is 0 Å². The van der Waals surface area contributed by atoms with E-state index in [2.05, 4.69) is 22.1 Å². The largest absolute Gasteiger partial charge is 0.491 e. The fourth-order valence-electron chi connectivity index (χ4n) is 2.66. The molecule has 2 rings (SSSR count). The van der Waals surface area contributed by atoms with Crippen LogP contribution in [0.1, 0.15) is 32.3 Å². The van der Waals surface area contributed by atoms with Gasteiger partial charge in [-0.2, -0.15) is 0 Å². The summed E-state index contributed by atoms with van der Waals surface area (Å²) in [6.07, 6.45) is 2.39. The van der Waals surface area contributed by atoms with Crippen LogP contribution < -0.4 is 10.1 Å². The summed E-state index contributed by atoms with van der Waals surface area (Å²) >= 11 is 0. The molecular weight excluding hydrogens is 281 g/mol. The summed E-state index contributed by atoms with van der Waals surface area (Å²) < 4.78 is 19.1. The van der Waals surface area contributed by atoms with Crippen molar-refractivity contribution >= 4 is 5.96 Å². The minimum Gasteiger partial charge on any atom is -0.491 e. The van der Waals surface area contributed by atoms with E-state index in [0.717, 1.165) is 30.5 Å². The van der Waals surface area contributed by atoms with Gasteiger partial charge in [0.05, 0.1) is 6.61 Å². The number of hydrogen-bond donors (Lipinski definition) is 1. The minimum atomic E-state index is -0.317. The van der Waals surface area contributed by atoms with Gasteiger partial charge >= 0.3 is 0 Å². The molecule has 0 amide bonds. The number of halogens is 1. The molecule has 0 atom stereocenters. The van der Waals surface area contributed by atoms with Gasteiger partial charge in [0.25, 0.3) is 0 Å². The van der Waals surface area contributed by atoms with Crippen LogP contribution in [0.15, 0.2) is 23.2 Å². The Morgan fingerprint density at radius 2 is 2.14 bits per heavy atom. The number of hydrogen-bond acceptors (Lipinski definition) is 2. The van der Waals surface area contributed by atoms with Crippen molar-refractivity contribution in [2.24, 2.45) is 10.9 Å². The Bertz CT molecular complexity index is 511. The third kappa shape index (κ3) is 4.36. The molecule has 1 aliphatic heterocycles. The van der Waals surface area contributed by atoms with E-state index in [4.69, 9.17) is 4.74 Å². The van der Waals surface area contributed by atoms with E-state index in [1.165, 1.54) is 18.9 Å². The molecule has 4 nitrogen and oxygen atoms in total. The highest BCUT2D eigenvalue weighted by Gasteiger charge is 2.18. The summed E-state index contributed by atoms with van der Waals surface area (Å²) in [7, 11) is 1.79. The van der Waals surface area contributed by atoms with Crippen molar-refractivity contribution in [3.8, 4) is 5.75 Å². The maximum absolute atomic E-state index is 13.8. The van der Waals surface area contributed by atoms with E-state index >= 15 is 0 Å². The van der Waals surface area contributed by atoms with Crippen LogP contribution in [0.2, 0.25) is 0 Å². The minimum absolute atomic E-state index is 0.306. The number of benzene rings is 1. The van der Waals surface area contributed by atoms with Crippen LogP contribution in [-0.4, -0.2) is 37.6 Å². The van der Waals surface area contributed by atoms with Gasteiger partial charge in [-0.1, -0.05) is 13.0 Å². The van der Waals surface area contributed by atoms with Crippen LogP contribution >= 0.6 is 0 Å². The fraction of sp³-hybridized carbons (Fsp3) is 0.588. The molecule has 1 heterocycles. The fourth-order valence-corrected chi connectivity index (χ4v) is 2.66. The van der Waals surface area contributed by atoms with E-state index in [0.29, 0.717) is 18.9 Å². The van der Waals surface area contributed by atoms with Gasteiger partial charge < -0.3 is 15.0 Å². The number of rotatable bonds is 4. The van der Waals surface area contributed by atoms with Gasteiger partial charge in [-0.25, -0.2) is 4.39 Å². The highest BCUT2D eigenvalue weighted by Crippen LogP contribution is 2.19. The van der Waals surface area contributed by atoms with E-state index in [-0.39, 0.29) is 5.82 Å². The van der Waals surface area contributed by atoms with Crippen LogP contribution in [0.4, 0.5) is 4.39 Å². The summed E-state index contributed by atoms with van der Waals surface area (Å²) in [5.41, 5.74) is 0.882. The standard InChI is InChI=1S/C17H26FN3O/c1-4-22-16-6-5-14(11-15(16)18)12-20-17(19-3)21-9-7-13(2)8-10-21/h5-6,11,13H,4,7-10,12H2,1-3H3,(H,19,20). The molecule has 1 aromatic carbocycles. The summed E-state index contributed by atoms with van der Waals surface area (Å²) in [4.78, 5) is 6.60. The first-order chi connectivity index (χ1) is 10.6. The first-order valence-electron chi connectivity index (χ1n) is 8.00. The average molecular weight is 307 g/mol. The number of guanidine groups is 1. The zero-order valence-electron chi connectivity index (χ0n) is 13.7. The quantitative estimate of drug-likeness (QED) is 0.686. The first-order valence-corrected chi connectivity index (χ1v) is 8.00. The van der Waals surface area contributed by atoms with Crippen LogP contribution in [0, 0.1) is 11.7 Å². The van der Waals surface area contributed by atoms with Crippen molar-refractivity contribution in [3.63, 3.8) is 0 Å². The Morgan fingerprint density at radius 1 is 1.41 bits per heavy atom. The van der Waals surface area contributed by atoms with Gasteiger partial charge in [0.1, 0.15) is 0 Å². The molecule has 1 aliphatic rings. The van der Waals surface area contributed by atoms with Gasteiger partial charge in [0.2, 0.25) is 0 Å². The second kappa shape index (κ2) is 8.01. The van der Waals surface area contributed by atoms with Crippen molar-refractivity contribution in [1.29, 1.82) is 0 Å². The molecule has 0 saturated carbocycles. The van der Waals surface area contributed by atoms with E-state index in [9.17, 15) is 4.39 Å². The Balaban J connectivity index is 1.92. The lowest BCUT2D eigenvalue weighted by molar-refractivity contribution is 0.273. The molecular formula is C17H26FN3O. The Kier molecular flexibility index (Phi) is 6.04. The third-order valence-corrected chi connectivity index (χ3v) is 4.04. The normalized spacial score (nSPS) is 16.7. The molecule has 0 spiro atoms. The number of ether oxygens (including phenoxy) is 1. The summed E-state index contributed by atoms with van der Waals surface area (Å²) in [5, 5.41) is 3.32. The summed E-state index contributed by atoms with van der Waals surface area (Å²) in [6, 6.07) is 5.08. The molecule has 0 unspecified atom stereocenters. The van der Waals surface area contributed by atoms with Crippen molar-refractivity contribution in [2.75, 3.05) is 26.7 Å². The van der Waals surface area contributed by atoms with Gasteiger partial charge in [-0.05, 0) is 43.4 Å². The molecule has 1 N–H and O–H groups in total. The van der Waals surface area contributed by atoms with Crippen LogP contribution in [-0.2, 0) is 6.54 Å². The van der Waals surface area contributed by atoms with Crippen molar-refractivity contribution in [3.05, 3.63) is 29.6 Å². The topological polar surface area (TPSA) is 36.9 Å². The molecule has 1 fully saturated rings. The molecule has 122 valence electrons. The summed E-state index contributed by atoms with van der Waals surface area (Å²) in [6.45, 7) is 7.21. The third-order valence-electron chi connectivity index (χ3n) is 4.04. The molecule has 1 saturated heterocycles. The first kappa shape index (κ1) is 16.6. The van der Waals surface area contributed by atoms with E-state index < -0.39 is 0 Å². The highest BCUT2D eigenvalue weighted by atomic mass is 19.1. The van der Waals surface area contributed by atoms with Crippen molar-refractivity contribution in [1.82, 2.24) is 10.2 Å². The molecule has 22 heavy (non-hydrogen) atoms. The van der Waals surface area contributed by atoms with Crippen molar-refractivity contribution < 1.29 is 9.13 Å². The van der Waals surface area contributed by atoms with E-state index in [1.807, 2.05) is 13.0 Å². The van der Waals surface area contributed by atoms with Gasteiger partial charge in [0, 0.05) is 26.7 Å². The molecule has 5 heteroatoms. The lowest BCUT2D eigenvalue weighted by Crippen LogP contribution is -2.45. The SMILES string of the molecule is CCOc1ccc(CNC(=NC)N2CCC(C)CC2)cc1F. The lowest BCUT2D eigenvalue weighted by atomic mass is 9.99. The molecule has 0 aromatic heterocycles. The van der Waals surface area contributed by atoms with Crippen molar-refractivity contribution in [2.45, 2.75) is 33.2 Å². The Hall–Kier alpha value is -1.78. The number of aliphatic imine (C=N–C) groups is 1. The predicted octanol–water partition coefficient (Wildman–Crippen LogP) is 3.03. The predicted molar refractivity (Wildman–Crippen MR) is 87.7 cm³/mol. The van der Waals surface area contributed by atoms with Gasteiger partial charge in [0.15, 0.2) is 17.5 Å². The van der Waals surface area contributed by atoms with Crippen LogP contribution in [0.25, 0.3) is 0 Å². The number of likely N-dealkylation sites (tertiary alicyclic amines) is 1. The molecule has 1 aromatic rings. The Morgan fingerprint density at radius 3 is 2.73 bits per heavy atom. The van der Waals surface area contributed by atoms with Crippen LogP contribution in [0.5, 0.6) is 5.75 Å². The molecule has 0 aliphatic carbocycles. The number of piperidine rings is 1. The zero-order chi connectivity index (χ0) is 15.9. The van der Waals surface area contributed by atoms with E-state index in [1.54, 1.807) is 13.1 Å². The smallest absolute Gasteiger partial charge is 0.193 e. The monoisotopic (exact) mass is 307 g/mol. The zero-order valence-corrected chi connectivity index (χ0v) is 13.7. The molecule has 0 bridgehead atoms. The molecule has 0 radical (unpaired) electrons. The lowest BCUT2D eigenvalue weighted by Gasteiger charge is -2.32. The number of nitrogens with zero attached hydrogens (tertiary/aromatic N) is 2. The maximum Gasteiger partial charge on any atom is 0.193 e.